The van der Waals surface area contributed by atoms with Gasteiger partial charge in [0.05, 0.1) is 18.4 Å². The number of nitrogens with one attached hydrogen (secondary N) is 1. The molecule has 32 heavy (non-hydrogen) atoms. The van der Waals surface area contributed by atoms with Crippen molar-refractivity contribution in [3.63, 3.8) is 0 Å². The van der Waals surface area contributed by atoms with Crippen LogP contribution in [0.2, 0.25) is 0 Å². The van der Waals surface area contributed by atoms with Crippen molar-refractivity contribution in [2.45, 2.75) is 43.7 Å². The number of carbonyl (C=O) groups is 1. The van der Waals surface area contributed by atoms with Gasteiger partial charge in [0, 0.05) is 18.3 Å². The predicted octanol–water partition coefficient (Wildman–Crippen LogP) is 4.35. The predicted molar refractivity (Wildman–Crippen MR) is 126 cm³/mol. The second-order valence-corrected chi connectivity index (χ2v) is 9.75. The molecule has 0 saturated heterocycles. The molecule has 1 aliphatic carbocycles. The molecule has 3 aromatic rings. The first-order chi connectivity index (χ1) is 15.6. The molecule has 0 saturated carbocycles. The monoisotopic (exact) mass is 467 g/mol. The summed E-state index contributed by atoms with van der Waals surface area (Å²) in [5.74, 6) is 1.72. The molecule has 0 bridgehead atoms. The van der Waals surface area contributed by atoms with Crippen molar-refractivity contribution in [2.24, 2.45) is 7.05 Å². The van der Waals surface area contributed by atoms with Crippen molar-refractivity contribution in [1.29, 1.82) is 5.26 Å². The van der Waals surface area contributed by atoms with Gasteiger partial charge in [0.2, 0.25) is 5.91 Å². The van der Waals surface area contributed by atoms with Gasteiger partial charge in [-0.05, 0) is 48.9 Å². The zero-order valence-electron chi connectivity index (χ0n) is 18.2. The Kier molecular flexibility index (Phi) is 7.12. The Hall–Kier alpha value is -2.83. The van der Waals surface area contributed by atoms with Crippen LogP contribution in [0.3, 0.4) is 0 Å². The van der Waals surface area contributed by atoms with Gasteiger partial charge < -0.3 is 14.6 Å². The Bertz CT molecular complexity index is 1140. The molecular weight excluding hydrogens is 442 g/mol. The van der Waals surface area contributed by atoms with Crippen LogP contribution in [-0.4, -0.2) is 33.5 Å². The molecule has 2 aromatic heterocycles. The van der Waals surface area contributed by atoms with Crippen molar-refractivity contribution < 1.29 is 9.53 Å². The zero-order valence-corrected chi connectivity index (χ0v) is 19.8. The number of hydrogen-bond donors (Lipinski definition) is 1. The molecule has 1 aromatic carbocycles. The molecule has 1 amide bonds. The van der Waals surface area contributed by atoms with E-state index in [1.54, 1.807) is 18.4 Å². The van der Waals surface area contributed by atoms with Gasteiger partial charge in [-0.1, -0.05) is 30.3 Å². The second kappa shape index (κ2) is 10.2. The number of amides is 1. The highest BCUT2D eigenvalue weighted by molar-refractivity contribution is 7.99. The second-order valence-electron chi connectivity index (χ2n) is 7.70. The molecule has 1 N–H and O–H groups in total. The number of hydrogen-bond acceptors (Lipinski definition) is 7. The number of ether oxygens (including phenoxy) is 1. The van der Waals surface area contributed by atoms with Crippen LogP contribution in [0.15, 0.2) is 29.4 Å². The number of anilines is 1. The highest BCUT2D eigenvalue weighted by atomic mass is 32.2. The normalized spacial score (nSPS) is 13.2. The summed E-state index contributed by atoms with van der Waals surface area (Å²) in [5.41, 5.74) is 2.89. The Morgan fingerprint density at radius 2 is 2.03 bits per heavy atom. The molecule has 0 spiro atoms. The molecule has 0 atom stereocenters. The summed E-state index contributed by atoms with van der Waals surface area (Å²) < 4.78 is 7.11. The van der Waals surface area contributed by atoms with Gasteiger partial charge in [0.25, 0.3) is 0 Å². The maximum Gasteiger partial charge on any atom is 0.235 e. The van der Waals surface area contributed by atoms with Crippen LogP contribution in [0.1, 0.15) is 46.7 Å². The SMILES string of the molecule is COc1ccc(Cc2nnc(SCC(=O)Nc3sc4c(c3C#N)CCCCC4)n2C)cc1. The van der Waals surface area contributed by atoms with E-state index in [1.807, 2.05) is 35.9 Å². The lowest BCUT2D eigenvalue weighted by molar-refractivity contribution is -0.113. The lowest BCUT2D eigenvalue weighted by Gasteiger charge is -2.06. The number of rotatable bonds is 7. The number of methoxy groups -OCH3 is 1. The third kappa shape index (κ3) is 4.97. The fourth-order valence-corrected chi connectivity index (χ4v) is 5.78. The summed E-state index contributed by atoms with van der Waals surface area (Å²) in [5, 5.41) is 22.5. The molecule has 7 nitrogen and oxygen atoms in total. The summed E-state index contributed by atoms with van der Waals surface area (Å²) in [6.07, 6.45) is 6.01. The number of fused-ring (bicyclic) bond motifs is 1. The first-order valence-corrected chi connectivity index (χ1v) is 12.4. The standard InChI is InChI=1S/C23H25N5O2S2/c1-28-20(12-15-8-10-16(30-2)11-9-15)26-27-23(28)31-14-21(29)25-22-18(13-24)17-6-4-3-5-7-19(17)32-22/h8-11H,3-7,12,14H2,1-2H3,(H,25,29). The van der Waals surface area contributed by atoms with Crippen molar-refractivity contribution >= 4 is 34.0 Å². The third-order valence-electron chi connectivity index (χ3n) is 5.56. The van der Waals surface area contributed by atoms with Crippen molar-refractivity contribution in [1.82, 2.24) is 14.8 Å². The van der Waals surface area contributed by atoms with E-state index in [1.165, 1.54) is 23.1 Å². The molecule has 2 heterocycles. The van der Waals surface area contributed by atoms with Crippen LogP contribution < -0.4 is 10.1 Å². The van der Waals surface area contributed by atoms with Crippen molar-refractivity contribution in [3.05, 3.63) is 51.7 Å². The van der Waals surface area contributed by atoms with E-state index in [0.29, 0.717) is 22.1 Å². The van der Waals surface area contributed by atoms with Crippen molar-refractivity contribution in [2.75, 3.05) is 18.2 Å². The topological polar surface area (TPSA) is 92.8 Å². The van der Waals surface area contributed by atoms with E-state index in [4.69, 9.17) is 4.74 Å². The molecule has 0 unspecified atom stereocenters. The number of thiophene rings is 1. The number of aryl methyl sites for hydroxylation is 1. The molecule has 0 radical (unpaired) electrons. The number of benzene rings is 1. The number of carbonyl (C=O) groups excluding carboxylic acids is 1. The molecule has 4 rings (SSSR count). The molecule has 1 aliphatic rings. The number of thioether (sulfide) groups is 1. The van der Waals surface area contributed by atoms with Gasteiger partial charge in [-0.2, -0.15) is 5.26 Å². The highest BCUT2D eigenvalue weighted by Gasteiger charge is 2.21. The molecular formula is C23H25N5O2S2. The lowest BCUT2D eigenvalue weighted by atomic mass is 10.1. The van der Waals surface area contributed by atoms with E-state index in [0.717, 1.165) is 48.4 Å². The van der Waals surface area contributed by atoms with Crippen LogP contribution in [0.25, 0.3) is 0 Å². The van der Waals surface area contributed by atoms with E-state index in [9.17, 15) is 10.1 Å². The smallest absolute Gasteiger partial charge is 0.235 e. The average molecular weight is 468 g/mol. The largest absolute Gasteiger partial charge is 0.497 e. The quantitative estimate of drug-likeness (QED) is 0.410. The Labute approximate surface area is 195 Å². The first kappa shape index (κ1) is 22.4. The highest BCUT2D eigenvalue weighted by Crippen LogP contribution is 2.37. The molecule has 0 aliphatic heterocycles. The lowest BCUT2D eigenvalue weighted by Crippen LogP contribution is -2.14. The summed E-state index contributed by atoms with van der Waals surface area (Å²) in [6, 6.07) is 10.2. The number of nitriles is 1. The Balaban J connectivity index is 1.37. The van der Waals surface area contributed by atoms with E-state index in [-0.39, 0.29) is 11.7 Å². The van der Waals surface area contributed by atoms with Crippen LogP contribution >= 0.6 is 23.1 Å². The average Bonchev–Trinajstić information content (AvgIpc) is 3.21. The summed E-state index contributed by atoms with van der Waals surface area (Å²) in [4.78, 5) is 13.8. The van der Waals surface area contributed by atoms with Crippen LogP contribution in [0.4, 0.5) is 5.00 Å². The van der Waals surface area contributed by atoms with Gasteiger partial charge in [0.15, 0.2) is 5.16 Å². The van der Waals surface area contributed by atoms with Gasteiger partial charge in [-0.15, -0.1) is 21.5 Å². The minimum Gasteiger partial charge on any atom is -0.497 e. The minimum atomic E-state index is -0.136. The molecule has 0 fully saturated rings. The van der Waals surface area contributed by atoms with Gasteiger partial charge in [-0.25, -0.2) is 0 Å². The Morgan fingerprint density at radius 1 is 1.25 bits per heavy atom. The van der Waals surface area contributed by atoms with Crippen molar-refractivity contribution in [3.8, 4) is 11.8 Å². The summed E-state index contributed by atoms with van der Waals surface area (Å²) in [6.45, 7) is 0. The molecule has 9 heteroatoms. The van der Waals surface area contributed by atoms with Gasteiger partial charge in [-0.3, -0.25) is 4.79 Å². The Morgan fingerprint density at radius 3 is 2.78 bits per heavy atom. The first-order valence-electron chi connectivity index (χ1n) is 10.6. The van der Waals surface area contributed by atoms with E-state index >= 15 is 0 Å². The maximum atomic E-state index is 12.6. The van der Waals surface area contributed by atoms with E-state index in [2.05, 4.69) is 21.6 Å². The summed E-state index contributed by atoms with van der Waals surface area (Å²) in [7, 11) is 3.55. The third-order valence-corrected chi connectivity index (χ3v) is 7.79. The number of aromatic nitrogens is 3. The number of nitrogens with zero attached hydrogens (tertiary/aromatic N) is 4. The fraction of sp³-hybridized carbons (Fsp3) is 0.391. The fourth-order valence-electron chi connectivity index (χ4n) is 3.79. The van der Waals surface area contributed by atoms with Gasteiger partial charge in [0.1, 0.15) is 22.6 Å². The maximum absolute atomic E-state index is 12.6. The molecule has 166 valence electrons. The minimum absolute atomic E-state index is 0.136. The van der Waals surface area contributed by atoms with Gasteiger partial charge >= 0.3 is 0 Å². The zero-order chi connectivity index (χ0) is 22.5. The van der Waals surface area contributed by atoms with Crippen LogP contribution in [0.5, 0.6) is 5.75 Å². The van der Waals surface area contributed by atoms with E-state index < -0.39 is 0 Å². The van der Waals surface area contributed by atoms with Crippen LogP contribution in [0, 0.1) is 11.3 Å². The van der Waals surface area contributed by atoms with Crippen LogP contribution in [-0.2, 0) is 31.1 Å². The summed E-state index contributed by atoms with van der Waals surface area (Å²) >= 11 is 2.90.